The molecule has 0 spiro atoms. The summed E-state index contributed by atoms with van der Waals surface area (Å²) >= 11 is 6.43. The van der Waals surface area contributed by atoms with Crippen LogP contribution in [0.5, 0.6) is 0 Å². The molecule has 0 fully saturated rings. The Bertz CT molecular complexity index is 800. The Labute approximate surface area is 144 Å². The highest BCUT2D eigenvalue weighted by Crippen LogP contribution is 2.44. The zero-order valence-electron chi connectivity index (χ0n) is 13.8. The highest BCUT2D eigenvalue weighted by Gasteiger charge is 2.27. The molecule has 3 rings (SSSR count). The Morgan fingerprint density at radius 3 is 1.43 bits per heavy atom. The van der Waals surface area contributed by atoms with Crippen molar-refractivity contribution in [3.05, 3.63) is 89.5 Å². The molecular formula is C21H21PS. The van der Waals surface area contributed by atoms with Crippen LogP contribution in [0, 0.1) is 20.8 Å². The lowest BCUT2D eigenvalue weighted by molar-refractivity contribution is 1.35. The van der Waals surface area contributed by atoms with Gasteiger partial charge in [-0.3, -0.25) is 0 Å². The molecule has 2 heteroatoms. The van der Waals surface area contributed by atoms with Gasteiger partial charge in [-0.25, -0.2) is 0 Å². The molecule has 0 aliphatic heterocycles. The molecule has 0 radical (unpaired) electrons. The molecule has 3 aromatic carbocycles. The van der Waals surface area contributed by atoms with Gasteiger partial charge in [0, 0.05) is 6.04 Å². The second-order valence-corrected chi connectivity index (χ2v) is 10.4. The topological polar surface area (TPSA) is 0 Å². The van der Waals surface area contributed by atoms with Gasteiger partial charge in [-0.15, -0.1) is 0 Å². The fourth-order valence-electron chi connectivity index (χ4n) is 3.35. The van der Waals surface area contributed by atoms with Crippen molar-refractivity contribution in [3.8, 4) is 0 Å². The summed E-state index contributed by atoms with van der Waals surface area (Å²) in [4.78, 5) is 0. The largest absolute Gasteiger partial charge is 0.0826 e. The summed E-state index contributed by atoms with van der Waals surface area (Å²) in [6.07, 6.45) is 0. The molecule has 23 heavy (non-hydrogen) atoms. The zero-order chi connectivity index (χ0) is 16.4. The number of benzene rings is 3. The quantitative estimate of drug-likeness (QED) is 0.640. The third-order valence-electron chi connectivity index (χ3n) is 4.19. The molecule has 0 nitrogen and oxygen atoms in total. The van der Waals surface area contributed by atoms with Crippen LogP contribution in [0.3, 0.4) is 0 Å². The van der Waals surface area contributed by atoms with Crippen LogP contribution in [0.15, 0.2) is 72.8 Å². The lowest BCUT2D eigenvalue weighted by Crippen LogP contribution is -2.28. The van der Waals surface area contributed by atoms with Crippen molar-refractivity contribution >= 4 is 33.8 Å². The lowest BCUT2D eigenvalue weighted by Gasteiger charge is -2.27. The SMILES string of the molecule is Cc1cc(C)c(P(=S)(c2ccccc2)c2ccccc2)c(C)c1. The van der Waals surface area contributed by atoms with Crippen LogP contribution >= 0.6 is 6.04 Å². The third-order valence-corrected chi connectivity index (χ3v) is 9.39. The van der Waals surface area contributed by atoms with Gasteiger partial charge in [-0.2, -0.15) is 0 Å². The minimum atomic E-state index is -2.04. The Hall–Kier alpha value is -1.69. The number of hydrogen-bond donors (Lipinski definition) is 0. The van der Waals surface area contributed by atoms with E-state index in [1.807, 2.05) is 0 Å². The van der Waals surface area contributed by atoms with Gasteiger partial charge in [-0.1, -0.05) is 90.2 Å². The average molecular weight is 336 g/mol. The fourth-order valence-corrected chi connectivity index (χ4v) is 8.07. The molecule has 0 aromatic heterocycles. The Balaban J connectivity index is 2.38. The van der Waals surface area contributed by atoms with Crippen molar-refractivity contribution in [1.29, 1.82) is 0 Å². The first-order chi connectivity index (χ1) is 11.0. The predicted molar refractivity (Wildman–Crippen MR) is 107 cm³/mol. The average Bonchev–Trinajstić information content (AvgIpc) is 2.55. The van der Waals surface area contributed by atoms with Crippen molar-refractivity contribution in [1.82, 2.24) is 0 Å². The van der Waals surface area contributed by atoms with Crippen LogP contribution in [-0.2, 0) is 11.8 Å². The van der Waals surface area contributed by atoms with Crippen LogP contribution in [-0.4, -0.2) is 0 Å². The maximum absolute atomic E-state index is 6.43. The normalized spacial score (nSPS) is 11.4. The van der Waals surface area contributed by atoms with Crippen molar-refractivity contribution in [2.75, 3.05) is 0 Å². The first kappa shape index (κ1) is 16.2. The molecule has 3 aromatic rings. The van der Waals surface area contributed by atoms with E-state index >= 15 is 0 Å². The molecule has 116 valence electrons. The number of hydrogen-bond acceptors (Lipinski definition) is 1. The van der Waals surface area contributed by atoms with E-state index in [1.165, 1.54) is 32.6 Å². The first-order valence-electron chi connectivity index (χ1n) is 7.83. The summed E-state index contributed by atoms with van der Waals surface area (Å²) in [7, 11) is 0. The van der Waals surface area contributed by atoms with Crippen molar-refractivity contribution in [2.45, 2.75) is 20.8 Å². The van der Waals surface area contributed by atoms with Crippen LogP contribution in [0.4, 0.5) is 0 Å². The van der Waals surface area contributed by atoms with Gasteiger partial charge in [0.05, 0.1) is 0 Å². The van der Waals surface area contributed by atoms with Gasteiger partial charge in [0.25, 0.3) is 0 Å². The van der Waals surface area contributed by atoms with E-state index in [2.05, 4.69) is 93.6 Å². The predicted octanol–water partition coefficient (Wildman–Crippen LogP) is 4.37. The summed E-state index contributed by atoms with van der Waals surface area (Å²) in [6, 6.07) is 23.7. The molecule has 0 atom stereocenters. The van der Waals surface area contributed by atoms with E-state index in [0.29, 0.717) is 0 Å². The van der Waals surface area contributed by atoms with Crippen LogP contribution in [0.1, 0.15) is 16.7 Å². The van der Waals surface area contributed by atoms with Gasteiger partial charge >= 0.3 is 0 Å². The Kier molecular flexibility index (Phi) is 4.53. The second-order valence-electron chi connectivity index (χ2n) is 6.03. The first-order valence-corrected chi connectivity index (χ1v) is 10.6. The molecule has 0 saturated carbocycles. The fraction of sp³-hybridized carbons (Fsp3) is 0.143. The van der Waals surface area contributed by atoms with E-state index < -0.39 is 6.04 Å². The monoisotopic (exact) mass is 336 g/mol. The third kappa shape index (κ3) is 2.92. The molecule has 0 saturated heterocycles. The van der Waals surface area contributed by atoms with Crippen LogP contribution in [0.2, 0.25) is 0 Å². The summed E-state index contributed by atoms with van der Waals surface area (Å²) in [5.74, 6) is 0. The van der Waals surface area contributed by atoms with Gasteiger partial charge in [0.1, 0.15) is 0 Å². The standard InChI is InChI=1S/C21H21PS/c1-16-14-17(2)21(18(3)15-16)22(23,19-10-6-4-7-11-19)20-12-8-5-9-13-20/h4-15H,1-3H3. The lowest BCUT2D eigenvalue weighted by atomic mass is 10.1. The van der Waals surface area contributed by atoms with Crippen molar-refractivity contribution in [3.63, 3.8) is 0 Å². The highest BCUT2D eigenvalue weighted by molar-refractivity contribution is 8.25. The second kappa shape index (κ2) is 6.43. The molecular weight excluding hydrogens is 315 g/mol. The summed E-state index contributed by atoms with van der Waals surface area (Å²) in [5, 5.41) is 3.86. The Morgan fingerprint density at radius 2 is 1.04 bits per heavy atom. The van der Waals surface area contributed by atoms with Crippen LogP contribution < -0.4 is 15.9 Å². The molecule has 0 bridgehead atoms. The van der Waals surface area contributed by atoms with Crippen molar-refractivity contribution in [2.24, 2.45) is 0 Å². The van der Waals surface area contributed by atoms with E-state index in [9.17, 15) is 0 Å². The molecule has 0 unspecified atom stereocenters. The number of aryl methyl sites for hydroxylation is 3. The smallest absolute Gasteiger partial charge is 0.0384 e. The van der Waals surface area contributed by atoms with Gasteiger partial charge in [0.2, 0.25) is 0 Å². The summed E-state index contributed by atoms with van der Waals surface area (Å²) in [6.45, 7) is 6.54. The molecule has 0 heterocycles. The molecule has 0 N–H and O–H groups in total. The molecule has 0 aliphatic rings. The zero-order valence-corrected chi connectivity index (χ0v) is 15.5. The van der Waals surface area contributed by atoms with E-state index in [-0.39, 0.29) is 0 Å². The molecule has 0 amide bonds. The Morgan fingerprint density at radius 1 is 0.652 bits per heavy atom. The molecule has 0 aliphatic carbocycles. The van der Waals surface area contributed by atoms with E-state index in [4.69, 9.17) is 11.8 Å². The minimum absolute atomic E-state index is 1.26. The van der Waals surface area contributed by atoms with Crippen molar-refractivity contribution < 1.29 is 0 Å². The van der Waals surface area contributed by atoms with E-state index in [1.54, 1.807) is 0 Å². The minimum Gasteiger partial charge on any atom is -0.0826 e. The van der Waals surface area contributed by atoms with Gasteiger partial charge in [0.15, 0.2) is 0 Å². The maximum Gasteiger partial charge on any atom is 0.0384 e. The van der Waals surface area contributed by atoms with Crippen LogP contribution in [0.25, 0.3) is 0 Å². The van der Waals surface area contributed by atoms with Gasteiger partial charge < -0.3 is 0 Å². The van der Waals surface area contributed by atoms with E-state index in [0.717, 1.165) is 0 Å². The number of rotatable bonds is 3. The summed E-state index contributed by atoms with van der Waals surface area (Å²) in [5.41, 5.74) is 3.91. The highest BCUT2D eigenvalue weighted by atomic mass is 32.4. The maximum atomic E-state index is 6.43. The van der Waals surface area contributed by atoms with Gasteiger partial charge in [-0.05, 0) is 47.8 Å². The summed E-state index contributed by atoms with van der Waals surface area (Å²) < 4.78 is 0.